The fraction of sp³-hybridized carbons (Fsp3) is 0.120. The summed E-state index contributed by atoms with van der Waals surface area (Å²) in [5.41, 5.74) is 14.2. The third-order valence-electron chi connectivity index (χ3n) is 11.8. The van der Waals surface area contributed by atoms with Crippen LogP contribution in [-0.4, -0.2) is 10.6 Å². The fourth-order valence-corrected chi connectivity index (χ4v) is 9.52. The number of rotatable bonds is 5. The summed E-state index contributed by atoms with van der Waals surface area (Å²) < 4.78 is 2.40. The van der Waals surface area contributed by atoms with Crippen LogP contribution in [0.4, 0.5) is 11.4 Å². The molecule has 2 nitrogen and oxygen atoms in total. The van der Waals surface area contributed by atoms with Gasteiger partial charge in [-0.15, -0.1) is 0 Å². The quantitative estimate of drug-likeness (QED) is 0.177. The highest BCUT2D eigenvalue weighted by atomic mass is 15.2. The number of allylic oxidation sites excluding steroid dienone is 2. The maximum atomic E-state index is 2.57. The minimum absolute atomic E-state index is 0.118. The van der Waals surface area contributed by atoms with Gasteiger partial charge in [-0.05, 0) is 81.3 Å². The molecule has 52 heavy (non-hydrogen) atoms. The SMILES string of the molecule is CC1C2=C(C=CC1N(c1ccccc1)c1cccc3ccccc13)c1c(-c3ccc(-n4c5ccccc5c5ccccc54)cc3)cccc1C2(C)C. The van der Waals surface area contributed by atoms with Gasteiger partial charge in [0.1, 0.15) is 0 Å². The van der Waals surface area contributed by atoms with Crippen molar-refractivity contribution in [2.45, 2.75) is 32.2 Å². The van der Waals surface area contributed by atoms with Gasteiger partial charge in [-0.25, -0.2) is 0 Å². The number of anilines is 2. The van der Waals surface area contributed by atoms with E-state index in [2.05, 4.69) is 206 Å². The number of benzene rings is 7. The van der Waals surface area contributed by atoms with Crippen molar-refractivity contribution in [3.8, 4) is 16.8 Å². The summed E-state index contributed by atoms with van der Waals surface area (Å²) in [4.78, 5) is 2.57. The lowest BCUT2D eigenvalue weighted by Crippen LogP contribution is -2.40. The number of para-hydroxylation sites is 3. The Balaban J connectivity index is 1.08. The molecule has 0 saturated carbocycles. The minimum atomic E-state index is -0.118. The zero-order chi connectivity index (χ0) is 35.0. The average Bonchev–Trinajstić information content (AvgIpc) is 3.65. The van der Waals surface area contributed by atoms with Crippen molar-refractivity contribution in [2.24, 2.45) is 5.92 Å². The first kappa shape index (κ1) is 30.7. The maximum Gasteiger partial charge on any atom is 0.0589 e. The fourth-order valence-electron chi connectivity index (χ4n) is 9.52. The van der Waals surface area contributed by atoms with Crippen LogP contribution in [0, 0.1) is 5.92 Å². The number of hydrogen-bond donors (Lipinski definition) is 0. The lowest BCUT2D eigenvalue weighted by Gasteiger charge is -2.41. The topological polar surface area (TPSA) is 8.17 Å². The van der Waals surface area contributed by atoms with E-state index in [-0.39, 0.29) is 17.4 Å². The summed E-state index contributed by atoms with van der Waals surface area (Å²) in [7, 11) is 0. The van der Waals surface area contributed by atoms with Crippen molar-refractivity contribution >= 4 is 49.5 Å². The van der Waals surface area contributed by atoms with Crippen LogP contribution < -0.4 is 4.90 Å². The predicted octanol–water partition coefficient (Wildman–Crippen LogP) is 13.1. The minimum Gasteiger partial charge on any atom is -0.333 e. The first-order chi connectivity index (χ1) is 25.5. The van der Waals surface area contributed by atoms with E-state index in [0.717, 1.165) is 0 Å². The molecule has 0 spiro atoms. The van der Waals surface area contributed by atoms with Crippen molar-refractivity contribution in [3.05, 3.63) is 193 Å². The molecule has 0 radical (unpaired) electrons. The normalized spacial score (nSPS) is 17.5. The second kappa shape index (κ2) is 11.7. The molecule has 0 saturated heterocycles. The summed E-state index contributed by atoms with van der Waals surface area (Å²) in [6.45, 7) is 7.31. The molecular formula is C50H40N2. The molecule has 250 valence electrons. The van der Waals surface area contributed by atoms with Gasteiger partial charge in [0, 0.05) is 44.6 Å². The van der Waals surface area contributed by atoms with Gasteiger partial charge in [0.05, 0.1) is 17.1 Å². The largest absolute Gasteiger partial charge is 0.333 e. The van der Waals surface area contributed by atoms with Crippen LogP contribution in [-0.2, 0) is 5.41 Å². The number of fused-ring (bicyclic) bond motifs is 6. The molecule has 7 aromatic carbocycles. The van der Waals surface area contributed by atoms with Crippen LogP contribution in [0.5, 0.6) is 0 Å². The highest BCUT2D eigenvalue weighted by Gasteiger charge is 2.45. The Morgan fingerprint density at radius 2 is 1.19 bits per heavy atom. The molecule has 0 amide bonds. The van der Waals surface area contributed by atoms with Crippen LogP contribution in [0.15, 0.2) is 182 Å². The lowest BCUT2D eigenvalue weighted by molar-refractivity contribution is 0.488. The smallest absolute Gasteiger partial charge is 0.0589 e. The van der Waals surface area contributed by atoms with Crippen molar-refractivity contribution in [3.63, 3.8) is 0 Å². The van der Waals surface area contributed by atoms with Crippen LogP contribution in [0.2, 0.25) is 0 Å². The summed E-state index contributed by atoms with van der Waals surface area (Å²) in [5, 5.41) is 5.10. The van der Waals surface area contributed by atoms with E-state index in [1.54, 1.807) is 0 Å². The first-order valence-electron chi connectivity index (χ1n) is 18.5. The Morgan fingerprint density at radius 1 is 0.577 bits per heavy atom. The second-order valence-corrected chi connectivity index (χ2v) is 14.9. The third-order valence-corrected chi connectivity index (χ3v) is 11.8. The van der Waals surface area contributed by atoms with E-state index in [0.29, 0.717) is 0 Å². The van der Waals surface area contributed by atoms with Crippen molar-refractivity contribution in [2.75, 3.05) is 4.90 Å². The molecule has 2 aliphatic rings. The molecule has 0 fully saturated rings. The summed E-state index contributed by atoms with van der Waals surface area (Å²) in [5.74, 6) is 0.270. The molecule has 0 bridgehead atoms. The van der Waals surface area contributed by atoms with Crippen molar-refractivity contribution in [1.29, 1.82) is 0 Å². The van der Waals surface area contributed by atoms with Crippen LogP contribution in [0.25, 0.3) is 55.0 Å². The Kier molecular flexibility index (Phi) is 6.91. The van der Waals surface area contributed by atoms with E-state index in [4.69, 9.17) is 0 Å². The predicted molar refractivity (Wildman–Crippen MR) is 221 cm³/mol. The standard InChI is InChI=1S/C50H40N2/c1-33-44(51(36-17-5-4-6-18-36)45-26-13-16-34-15-7-8-19-38(34)45)32-31-42-48-39(22-14-23-43(48)50(2,3)49(33)42)35-27-29-37(30-28-35)52-46-24-11-9-20-40(46)41-21-10-12-25-47(41)52/h4-33,44H,1-3H3. The molecule has 2 heteroatoms. The summed E-state index contributed by atoms with van der Waals surface area (Å²) in [6.07, 6.45) is 4.90. The van der Waals surface area contributed by atoms with Gasteiger partial charge in [-0.2, -0.15) is 0 Å². The molecule has 10 rings (SSSR count). The first-order valence-corrected chi connectivity index (χ1v) is 18.5. The van der Waals surface area contributed by atoms with Crippen LogP contribution >= 0.6 is 0 Å². The Labute approximate surface area is 305 Å². The van der Waals surface area contributed by atoms with E-state index >= 15 is 0 Å². The van der Waals surface area contributed by atoms with Gasteiger partial charge >= 0.3 is 0 Å². The van der Waals surface area contributed by atoms with E-state index < -0.39 is 0 Å². The van der Waals surface area contributed by atoms with E-state index in [1.165, 1.54) is 83.0 Å². The molecule has 2 aliphatic carbocycles. The van der Waals surface area contributed by atoms with Gasteiger partial charge < -0.3 is 9.47 Å². The van der Waals surface area contributed by atoms with E-state index in [1.807, 2.05) is 0 Å². The zero-order valence-corrected chi connectivity index (χ0v) is 29.8. The van der Waals surface area contributed by atoms with Gasteiger partial charge in [-0.1, -0.05) is 154 Å². The molecule has 8 aromatic rings. The number of aromatic nitrogens is 1. The van der Waals surface area contributed by atoms with Gasteiger partial charge in [0.2, 0.25) is 0 Å². The zero-order valence-electron chi connectivity index (χ0n) is 29.8. The maximum absolute atomic E-state index is 2.57. The van der Waals surface area contributed by atoms with Gasteiger partial charge in [0.25, 0.3) is 0 Å². The van der Waals surface area contributed by atoms with Gasteiger partial charge in [-0.3, -0.25) is 0 Å². The molecule has 2 atom stereocenters. The molecule has 1 heterocycles. The molecular weight excluding hydrogens is 629 g/mol. The second-order valence-electron chi connectivity index (χ2n) is 14.9. The molecule has 0 N–H and O–H groups in total. The van der Waals surface area contributed by atoms with Crippen LogP contribution in [0.1, 0.15) is 31.9 Å². The molecule has 1 aromatic heterocycles. The average molecular weight is 669 g/mol. The monoisotopic (exact) mass is 668 g/mol. The number of nitrogens with zero attached hydrogens (tertiary/aromatic N) is 2. The molecule has 2 unspecified atom stereocenters. The number of hydrogen-bond acceptors (Lipinski definition) is 1. The Hall–Kier alpha value is -6.12. The van der Waals surface area contributed by atoms with Crippen LogP contribution in [0.3, 0.4) is 0 Å². The lowest BCUT2D eigenvalue weighted by atomic mass is 9.72. The van der Waals surface area contributed by atoms with Crippen molar-refractivity contribution < 1.29 is 0 Å². The Morgan fingerprint density at radius 3 is 1.92 bits per heavy atom. The van der Waals surface area contributed by atoms with Crippen molar-refractivity contribution in [1.82, 2.24) is 4.57 Å². The van der Waals surface area contributed by atoms with Gasteiger partial charge in [0.15, 0.2) is 0 Å². The van der Waals surface area contributed by atoms with E-state index in [9.17, 15) is 0 Å². The highest BCUT2D eigenvalue weighted by molar-refractivity contribution is 6.09. The highest BCUT2D eigenvalue weighted by Crippen LogP contribution is 2.56. The Bertz CT molecular complexity index is 2670. The molecule has 0 aliphatic heterocycles. The summed E-state index contributed by atoms with van der Waals surface area (Å²) >= 11 is 0. The summed E-state index contributed by atoms with van der Waals surface area (Å²) in [6, 6.07) is 60.1. The third kappa shape index (κ3) is 4.50.